The summed E-state index contributed by atoms with van der Waals surface area (Å²) in [5.74, 6) is -3.08. The Morgan fingerprint density at radius 3 is 1.25 bits per heavy atom. The molecule has 0 atom stereocenters. The van der Waals surface area contributed by atoms with Gasteiger partial charge in [0.25, 0.3) is 18.5 Å². The topological polar surface area (TPSA) is 155 Å². The Hall–Kier alpha value is -1.70. The fourth-order valence-electron chi connectivity index (χ4n) is 0.110. The van der Waals surface area contributed by atoms with Gasteiger partial charge in [0, 0.05) is 35.3 Å². The largest absolute Gasteiger partial charge is 0.481 e. The summed E-state index contributed by atoms with van der Waals surface area (Å²) in [7, 11) is 0. The summed E-state index contributed by atoms with van der Waals surface area (Å²) in [4.78, 5) is 35.7. The van der Waals surface area contributed by atoms with E-state index in [9.17, 15) is 14.9 Å². The molecule has 0 rings (SSSR count). The van der Waals surface area contributed by atoms with E-state index in [1.165, 1.54) is 0 Å². The van der Waals surface area contributed by atoms with Gasteiger partial charge in [0.2, 0.25) is 0 Å². The number of nitrogens with zero attached hydrogens (tertiary/aromatic N) is 1. The molecule has 0 radical (unpaired) electrons. The van der Waals surface area contributed by atoms with Crippen LogP contribution in [-0.4, -0.2) is 44.7 Å². The smallest absolute Gasteiger partial charge is 0.376 e. The molecule has 0 fully saturated rings. The number of nitro groups is 1. The minimum atomic E-state index is -1.41. The molecule has 0 unspecified atom stereocenters. The van der Waals surface area contributed by atoms with Crippen molar-refractivity contribution in [1.82, 2.24) is 0 Å². The van der Waals surface area contributed by atoms with Crippen molar-refractivity contribution in [2.45, 2.75) is 13.8 Å². The fourth-order valence-corrected chi connectivity index (χ4v) is 0.110. The molecule has 0 saturated carbocycles. The fraction of sp³-hybridized carbons (Fsp3) is 0.500. The van der Waals surface area contributed by atoms with Crippen LogP contribution in [0.1, 0.15) is 13.8 Å². The van der Waals surface area contributed by atoms with Crippen LogP contribution >= 0.6 is 0 Å². The van der Waals surface area contributed by atoms with Gasteiger partial charge in [0.1, 0.15) is 0 Å². The standard InChI is InChI=1S/C2H3NO4.2C2H4O2.Ni/c4-2(5)1-3(6)7;2*1-2(3)4;/h1H2,(H,4,5);2*1H3,(H,3,4);. The maximum atomic E-state index is 9.37. The second kappa shape index (κ2) is 15.8. The second-order valence-corrected chi connectivity index (χ2v) is 1.92. The zero-order valence-corrected chi connectivity index (χ0v) is 9.34. The number of hydrogen-bond acceptors (Lipinski definition) is 5. The van der Waals surface area contributed by atoms with Gasteiger partial charge in [-0.25, -0.2) is 4.79 Å². The van der Waals surface area contributed by atoms with E-state index in [-0.39, 0.29) is 16.5 Å². The van der Waals surface area contributed by atoms with Gasteiger partial charge in [0.05, 0.1) is 0 Å². The number of aliphatic carboxylic acids is 3. The number of carboxylic acid groups (broad SMARTS) is 3. The molecule has 0 aliphatic rings. The Morgan fingerprint density at radius 1 is 1.06 bits per heavy atom. The Kier molecular flexibility index (Phi) is 23.5. The monoisotopic (exact) mass is 283 g/mol. The van der Waals surface area contributed by atoms with Gasteiger partial charge in [-0.1, -0.05) is 0 Å². The molecule has 16 heavy (non-hydrogen) atoms. The first-order valence-corrected chi connectivity index (χ1v) is 3.32. The summed E-state index contributed by atoms with van der Waals surface area (Å²) in [6.07, 6.45) is 0. The first-order chi connectivity index (χ1) is 6.59. The number of carboxylic acids is 3. The molecule has 3 N–H and O–H groups in total. The summed E-state index contributed by atoms with van der Waals surface area (Å²) >= 11 is 0. The zero-order chi connectivity index (χ0) is 13.0. The second-order valence-electron chi connectivity index (χ2n) is 1.92. The van der Waals surface area contributed by atoms with E-state index in [2.05, 4.69) is 0 Å². The van der Waals surface area contributed by atoms with Crippen LogP contribution in [0.3, 0.4) is 0 Å². The molecule has 0 aromatic heterocycles. The molecule has 0 bridgehead atoms. The van der Waals surface area contributed by atoms with Gasteiger partial charge in [-0.3, -0.25) is 19.7 Å². The predicted molar refractivity (Wildman–Crippen MR) is 46.1 cm³/mol. The van der Waals surface area contributed by atoms with Crippen molar-refractivity contribution in [2.75, 3.05) is 6.54 Å². The third kappa shape index (κ3) is 296. The quantitative estimate of drug-likeness (QED) is 0.349. The SMILES string of the molecule is CC(=O)O.CC(=O)O.O=C(O)C[N+](=O)[O-].[Ni]. The summed E-state index contributed by atoms with van der Waals surface area (Å²) < 4.78 is 0. The zero-order valence-electron chi connectivity index (χ0n) is 8.35. The summed E-state index contributed by atoms with van der Waals surface area (Å²) in [5.41, 5.74) is 0. The summed E-state index contributed by atoms with van der Waals surface area (Å²) in [6.45, 7) is 1.17. The van der Waals surface area contributed by atoms with Crippen LogP contribution in [0.25, 0.3) is 0 Å². The Labute approximate surface area is 100 Å². The van der Waals surface area contributed by atoms with Crippen molar-refractivity contribution in [3.05, 3.63) is 10.1 Å². The third-order valence-corrected chi connectivity index (χ3v) is 0.264. The minimum Gasteiger partial charge on any atom is -0.481 e. The summed E-state index contributed by atoms with van der Waals surface area (Å²) in [5, 5.41) is 31.7. The van der Waals surface area contributed by atoms with Gasteiger partial charge in [-0.2, -0.15) is 0 Å². The van der Waals surface area contributed by atoms with Crippen molar-refractivity contribution in [1.29, 1.82) is 0 Å². The molecule has 0 aromatic rings. The van der Waals surface area contributed by atoms with Crippen LogP contribution in [0.2, 0.25) is 0 Å². The van der Waals surface area contributed by atoms with E-state index in [0.29, 0.717) is 0 Å². The molecule has 98 valence electrons. The van der Waals surface area contributed by atoms with Gasteiger partial charge < -0.3 is 15.3 Å². The normalized spacial score (nSPS) is 6.62. The molecule has 0 spiro atoms. The molecule has 9 nitrogen and oxygen atoms in total. The van der Waals surface area contributed by atoms with Crippen LogP contribution in [0.4, 0.5) is 0 Å². The maximum Gasteiger partial charge on any atom is 0.376 e. The van der Waals surface area contributed by atoms with Crippen molar-refractivity contribution < 1.29 is 51.1 Å². The first-order valence-electron chi connectivity index (χ1n) is 3.32. The van der Waals surface area contributed by atoms with Crippen molar-refractivity contribution in [3.8, 4) is 0 Å². The molecular weight excluding hydrogens is 273 g/mol. The molecule has 0 aromatic carbocycles. The van der Waals surface area contributed by atoms with E-state index >= 15 is 0 Å². The van der Waals surface area contributed by atoms with Crippen LogP contribution in [-0.2, 0) is 30.9 Å². The minimum absolute atomic E-state index is 0. The van der Waals surface area contributed by atoms with Crippen LogP contribution < -0.4 is 0 Å². The number of hydrogen-bond donors (Lipinski definition) is 3. The Bertz CT molecular complexity index is 209. The van der Waals surface area contributed by atoms with Crippen molar-refractivity contribution in [2.24, 2.45) is 0 Å². The first kappa shape index (κ1) is 23.8. The average Bonchev–Trinajstić information content (AvgIpc) is 1.78. The molecule has 0 saturated heterocycles. The van der Waals surface area contributed by atoms with Crippen molar-refractivity contribution >= 4 is 17.9 Å². The maximum absolute atomic E-state index is 9.37. The van der Waals surface area contributed by atoms with Crippen molar-refractivity contribution in [3.63, 3.8) is 0 Å². The molecule has 0 aliphatic carbocycles. The summed E-state index contributed by atoms with van der Waals surface area (Å²) in [6, 6.07) is 0. The van der Waals surface area contributed by atoms with E-state index in [1.54, 1.807) is 0 Å². The Balaban J connectivity index is -0.0000000700. The van der Waals surface area contributed by atoms with Gasteiger partial charge in [0.15, 0.2) is 0 Å². The average molecular weight is 284 g/mol. The number of carbonyl (C=O) groups is 3. The van der Waals surface area contributed by atoms with Crippen LogP contribution in [0.15, 0.2) is 0 Å². The molecular formula is C6H11NNiO8. The van der Waals surface area contributed by atoms with E-state index < -0.39 is 29.4 Å². The van der Waals surface area contributed by atoms with E-state index in [0.717, 1.165) is 13.8 Å². The van der Waals surface area contributed by atoms with E-state index in [4.69, 9.17) is 24.9 Å². The molecule has 0 heterocycles. The van der Waals surface area contributed by atoms with Gasteiger partial charge in [-0.05, 0) is 0 Å². The molecule has 0 aliphatic heterocycles. The van der Waals surface area contributed by atoms with Gasteiger partial charge >= 0.3 is 5.97 Å². The third-order valence-electron chi connectivity index (χ3n) is 0.264. The molecule has 0 amide bonds. The van der Waals surface area contributed by atoms with Gasteiger partial charge in [-0.15, -0.1) is 0 Å². The molecule has 10 heteroatoms. The Morgan fingerprint density at radius 2 is 1.25 bits per heavy atom. The van der Waals surface area contributed by atoms with Crippen LogP contribution in [0, 0.1) is 10.1 Å². The number of rotatable bonds is 2. The van der Waals surface area contributed by atoms with E-state index in [1.807, 2.05) is 0 Å². The predicted octanol–water partition coefficient (Wildman–Crippen LogP) is -0.473. The van der Waals surface area contributed by atoms with Crippen LogP contribution in [0.5, 0.6) is 0 Å².